The second-order valence-electron chi connectivity index (χ2n) is 6.69. The predicted octanol–water partition coefficient (Wildman–Crippen LogP) is 2.89. The van der Waals surface area contributed by atoms with Gasteiger partial charge in [-0.1, -0.05) is 0 Å². The highest BCUT2D eigenvalue weighted by Crippen LogP contribution is 2.34. The van der Waals surface area contributed by atoms with E-state index in [1.165, 1.54) is 27.1 Å². The average molecular weight is 411 g/mol. The zero-order chi connectivity index (χ0) is 20.1. The quantitative estimate of drug-likeness (QED) is 0.703. The van der Waals surface area contributed by atoms with Crippen LogP contribution in [0.5, 0.6) is 0 Å². The first-order chi connectivity index (χ1) is 13.3. The predicted molar refractivity (Wildman–Crippen MR) is 96.8 cm³/mol. The zero-order valence-corrected chi connectivity index (χ0v) is 15.6. The number of H-pyrrole nitrogens is 1. The molecule has 1 aliphatic heterocycles. The van der Waals surface area contributed by atoms with E-state index < -0.39 is 12.1 Å². The molecule has 11 heteroatoms. The summed E-state index contributed by atoms with van der Waals surface area (Å²) in [6.45, 7) is 1.75. The van der Waals surface area contributed by atoms with Crippen LogP contribution in [-0.2, 0) is 0 Å². The molecule has 1 saturated heterocycles. The number of rotatable bonds is 2. The average Bonchev–Trinajstić information content (AvgIpc) is 3.27. The van der Waals surface area contributed by atoms with Gasteiger partial charge in [0.1, 0.15) is 4.83 Å². The van der Waals surface area contributed by atoms with Gasteiger partial charge < -0.3 is 4.90 Å². The van der Waals surface area contributed by atoms with E-state index in [1.54, 1.807) is 18.4 Å². The number of nitrogens with zero attached hydrogens (tertiary/aromatic N) is 4. The number of halogens is 3. The summed E-state index contributed by atoms with van der Waals surface area (Å²) in [5, 5.41) is 6.38. The number of carbonyl (C=O) groups is 1. The van der Waals surface area contributed by atoms with E-state index in [4.69, 9.17) is 0 Å². The summed E-state index contributed by atoms with van der Waals surface area (Å²) >= 11 is 1.31. The van der Waals surface area contributed by atoms with Crippen molar-refractivity contribution in [3.63, 3.8) is 0 Å². The highest BCUT2D eigenvalue weighted by Gasteiger charge is 2.42. The Morgan fingerprint density at radius 1 is 1.32 bits per heavy atom. The molecule has 1 aliphatic rings. The third kappa shape index (κ3) is 3.19. The van der Waals surface area contributed by atoms with Crippen molar-refractivity contribution in [3.05, 3.63) is 39.3 Å². The first kappa shape index (κ1) is 18.7. The van der Waals surface area contributed by atoms with Crippen LogP contribution in [0.25, 0.3) is 16.2 Å². The third-order valence-corrected chi connectivity index (χ3v) is 5.81. The van der Waals surface area contributed by atoms with Gasteiger partial charge in [-0.05, 0) is 31.2 Å². The molecule has 3 aromatic rings. The van der Waals surface area contributed by atoms with Crippen molar-refractivity contribution in [2.45, 2.75) is 25.9 Å². The molecular formula is C17H16F3N5O2S. The van der Waals surface area contributed by atoms with Crippen molar-refractivity contribution in [2.75, 3.05) is 13.1 Å². The lowest BCUT2D eigenvalue weighted by Gasteiger charge is -2.32. The number of amides is 1. The van der Waals surface area contributed by atoms with Gasteiger partial charge in [0.15, 0.2) is 0 Å². The van der Waals surface area contributed by atoms with Gasteiger partial charge in [0.05, 0.1) is 28.8 Å². The van der Waals surface area contributed by atoms with Crippen molar-refractivity contribution in [1.82, 2.24) is 24.6 Å². The molecule has 0 spiro atoms. The van der Waals surface area contributed by atoms with Crippen molar-refractivity contribution >= 4 is 27.5 Å². The fourth-order valence-corrected chi connectivity index (χ4v) is 4.13. The van der Waals surface area contributed by atoms with E-state index in [2.05, 4.69) is 15.1 Å². The molecule has 1 fully saturated rings. The van der Waals surface area contributed by atoms with Crippen molar-refractivity contribution in [3.8, 4) is 5.95 Å². The maximum atomic E-state index is 12.8. The number of piperidine rings is 1. The van der Waals surface area contributed by atoms with Crippen molar-refractivity contribution in [1.29, 1.82) is 0 Å². The van der Waals surface area contributed by atoms with Crippen LogP contribution < -0.4 is 5.56 Å². The number of alkyl halides is 3. The van der Waals surface area contributed by atoms with Crippen molar-refractivity contribution < 1.29 is 18.0 Å². The molecule has 3 aromatic heterocycles. The second-order valence-corrected chi connectivity index (χ2v) is 7.59. The molecule has 0 radical (unpaired) electrons. The van der Waals surface area contributed by atoms with Gasteiger partial charge in [-0.3, -0.25) is 14.6 Å². The van der Waals surface area contributed by atoms with E-state index in [-0.39, 0.29) is 48.9 Å². The number of thiophene rings is 1. The first-order valence-electron chi connectivity index (χ1n) is 8.64. The van der Waals surface area contributed by atoms with E-state index in [1.807, 2.05) is 0 Å². The van der Waals surface area contributed by atoms with E-state index in [0.29, 0.717) is 15.9 Å². The fraction of sp³-hybridized carbons (Fsp3) is 0.412. The van der Waals surface area contributed by atoms with Gasteiger partial charge in [0.25, 0.3) is 11.5 Å². The summed E-state index contributed by atoms with van der Waals surface area (Å²) in [6.07, 6.45) is -3.08. The lowest BCUT2D eigenvalue weighted by molar-refractivity contribution is -0.183. The second kappa shape index (κ2) is 6.73. The Kier molecular flexibility index (Phi) is 4.48. The summed E-state index contributed by atoms with van der Waals surface area (Å²) in [5.41, 5.74) is 0.430. The summed E-state index contributed by atoms with van der Waals surface area (Å²) in [4.78, 5) is 33.9. The van der Waals surface area contributed by atoms with Crippen molar-refractivity contribution in [2.24, 2.45) is 5.92 Å². The highest BCUT2D eigenvalue weighted by molar-refractivity contribution is 7.16. The van der Waals surface area contributed by atoms with Crippen LogP contribution in [0.1, 0.15) is 28.9 Å². The number of likely N-dealkylation sites (tertiary alicyclic amines) is 1. The SMILES string of the molecule is Cc1c(C(=O)N2CCC(C(F)(F)F)CC2)cnn1-c1nc2sccc2c(=O)[nH]1. The lowest BCUT2D eigenvalue weighted by atomic mass is 9.96. The molecule has 0 aliphatic carbocycles. The highest BCUT2D eigenvalue weighted by atomic mass is 32.1. The Morgan fingerprint density at radius 2 is 2.04 bits per heavy atom. The molecule has 7 nitrogen and oxygen atoms in total. The molecule has 1 N–H and O–H groups in total. The molecule has 0 unspecified atom stereocenters. The summed E-state index contributed by atoms with van der Waals surface area (Å²) in [6, 6.07) is 1.67. The van der Waals surface area contributed by atoms with Crippen LogP contribution in [0.2, 0.25) is 0 Å². The number of hydrogen-bond donors (Lipinski definition) is 1. The summed E-state index contributed by atoms with van der Waals surface area (Å²) in [5.74, 6) is -1.55. The van der Waals surface area contributed by atoms with Crippen LogP contribution in [0.3, 0.4) is 0 Å². The minimum Gasteiger partial charge on any atom is -0.339 e. The molecule has 0 atom stereocenters. The van der Waals surface area contributed by atoms with E-state index in [9.17, 15) is 22.8 Å². The minimum atomic E-state index is -4.23. The van der Waals surface area contributed by atoms with E-state index >= 15 is 0 Å². The molecule has 4 rings (SSSR count). The maximum absolute atomic E-state index is 12.8. The Bertz CT molecular complexity index is 1090. The van der Waals surface area contributed by atoms with Crippen LogP contribution in [0, 0.1) is 12.8 Å². The molecule has 1 amide bonds. The Balaban J connectivity index is 1.58. The Morgan fingerprint density at radius 3 is 2.71 bits per heavy atom. The normalized spacial score (nSPS) is 16.1. The molecule has 0 bridgehead atoms. The van der Waals surface area contributed by atoms with Gasteiger partial charge in [-0.15, -0.1) is 11.3 Å². The fourth-order valence-electron chi connectivity index (χ4n) is 3.37. The minimum absolute atomic E-state index is 0.0455. The maximum Gasteiger partial charge on any atom is 0.391 e. The monoisotopic (exact) mass is 411 g/mol. The van der Waals surface area contributed by atoms with Gasteiger partial charge in [0.2, 0.25) is 5.95 Å². The molecule has 28 heavy (non-hydrogen) atoms. The van der Waals surface area contributed by atoms with Crippen LogP contribution in [0.4, 0.5) is 13.2 Å². The molecule has 0 aromatic carbocycles. The molecular weight excluding hydrogens is 395 g/mol. The van der Waals surface area contributed by atoms with Gasteiger partial charge in [0, 0.05) is 13.1 Å². The number of nitrogens with one attached hydrogen (secondary N) is 1. The van der Waals surface area contributed by atoms with E-state index in [0.717, 1.165) is 0 Å². The number of carbonyl (C=O) groups excluding carboxylic acids is 1. The van der Waals surface area contributed by atoms with Crippen LogP contribution in [-0.4, -0.2) is 49.8 Å². The molecule has 148 valence electrons. The Hall–Kier alpha value is -2.69. The van der Waals surface area contributed by atoms with Gasteiger partial charge >= 0.3 is 6.18 Å². The Labute approximate surface area is 160 Å². The van der Waals surface area contributed by atoms with Crippen LogP contribution >= 0.6 is 11.3 Å². The lowest BCUT2D eigenvalue weighted by Crippen LogP contribution is -2.42. The smallest absolute Gasteiger partial charge is 0.339 e. The first-order valence-corrected chi connectivity index (χ1v) is 9.52. The summed E-state index contributed by atoms with van der Waals surface area (Å²) < 4.78 is 39.8. The third-order valence-electron chi connectivity index (χ3n) is 5.01. The number of fused-ring (bicyclic) bond motifs is 1. The number of hydrogen-bond acceptors (Lipinski definition) is 5. The topological polar surface area (TPSA) is 83.9 Å². The standard InChI is InChI=1S/C17H16F3N5O2S/c1-9-12(15(27)24-5-2-10(3-6-24)17(18,19)20)8-21-25(9)16-22-13(26)11-4-7-28-14(11)23-16/h4,7-8,10H,2-3,5-6H2,1H3,(H,22,23,26). The largest absolute Gasteiger partial charge is 0.391 e. The van der Waals surface area contributed by atoms with Gasteiger partial charge in [-0.25, -0.2) is 9.67 Å². The molecule has 0 saturated carbocycles. The number of aromatic amines is 1. The molecule has 4 heterocycles. The van der Waals surface area contributed by atoms with Crippen LogP contribution in [0.15, 0.2) is 22.4 Å². The number of aromatic nitrogens is 4. The summed E-state index contributed by atoms with van der Waals surface area (Å²) in [7, 11) is 0. The zero-order valence-electron chi connectivity index (χ0n) is 14.8. The van der Waals surface area contributed by atoms with Gasteiger partial charge in [-0.2, -0.15) is 18.3 Å².